The number of hydrogen-bond acceptors (Lipinski definition) is 9. The number of H-pyrrole nitrogens is 1. The maximum atomic E-state index is 9.82. The molecule has 3 aromatic heterocycles. The standard InChI is InChI=1S/C16H18ClN7O4/c1-24-6-19-23-11(24)3-18-14-7(17)2-8-15(21-14)22-16(20-8)28-10-5-27-12-9(25)4-26-13(10)12/h2,6,9-10,12-13,25H,3-5H2,1H3,(H2,18,20,21,22)/t9-,10-,12-,13-/m1/s1. The van der Waals surface area contributed by atoms with E-state index in [1.54, 1.807) is 17.0 Å². The third-order valence-electron chi connectivity index (χ3n) is 4.87. The quantitative estimate of drug-likeness (QED) is 0.544. The molecule has 5 heterocycles. The van der Waals surface area contributed by atoms with Gasteiger partial charge in [-0.2, -0.15) is 4.98 Å². The Labute approximate surface area is 164 Å². The topological polar surface area (TPSA) is 132 Å². The van der Waals surface area contributed by atoms with Gasteiger partial charge < -0.3 is 34.2 Å². The maximum Gasteiger partial charge on any atom is 0.296 e. The summed E-state index contributed by atoms with van der Waals surface area (Å²) in [5.41, 5.74) is 1.11. The van der Waals surface area contributed by atoms with Crippen molar-refractivity contribution in [1.82, 2.24) is 29.7 Å². The van der Waals surface area contributed by atoms with Crippen molar-refractivity contribution in [3.8, 4) is 6.01 Å². The van der Waals surface area contributed by atoms with Crippen LogP contribution in [0.4, 0.5) is 5.82 Å². The number of aromatic amines is 1. The normalized spacial score (nSPS) is 26.7. The zero-order valence-corrected chi connectivity index (χ0v) is 15.6. The van der Waals surface area contributed by atoms with Crippen molar-refractivity contribution in [2.45, 2.75) is 31.0 Å². The number of aliphatic hydroxyl groups excluding tert-OH is 1. The summed E-state index contributed by atoms with van der Waals surface area (Å²) in [5.74, 6) is 1.24. The van der Waals surface area contributed by atoms with Crippen LogP contribution in [0.2, 0.25) is 5.02 Å². The summed E-state index contributed by atoms with van der Waals surface area (Å²) in [6, 6.07) is 2.02. The number of rotatable bonds is 5. The molecule has 0 bridgehead atoms. The SMILES string of the molecule is Cn1cnnc1CNc1nc2nc(O[C@@H]3CO[C@H]4[C@@H]3OC[C@H]4O)[nH]c2cc1Cl. The fourth-order valence-electron chi connectivity index (χ4n) is 3.39. The molecule has 0 aliphatic carbocycles. The van der Waals surface area contributed by atoms with E-state index in [2.05, 4.69) is 30.5 Å². The molecule has 0 amide bonds. The molecular weight excluding hydrogens is 390 g/mol. The second-order valence-corrected chi connectivity index (χ2v) is 7.17. The third-order valence-corrected chi connectivity index (χ3v) is 5.16. The first-order chi connectivity index (χ1) is 13.6. The second kappa shape index (κ2) is 6.85. The highest BCUT2D eigenvalue weighted by Crippen LogP contribution is 2.30. The maximum absolute atomic E-state index is 9.82. The molecular formula is C16H18ClN7O4. The smallest absolute Gasteiger partial charge is 0.296 e. The number of ether oxygens (including phenoxy) is 3. The van der Waals surface area contributed by atoms with Gasteiger partial charge in [-0.3, -0.25) is 0 Å². The number of aromatic nitrogens is 6. The van der Waals surface area contributed by atoms with Gasteiger partial charge in [0.1, 0.15) is 30.5 Å². The first-order valence-corrected chi connectivity index (χ1v) is 9.17. The van der Waals surface area contributed by atoms with Gasteiger partial charge in [0, 0.05) is 7.05 Å². The highest BCUT2D eigenvalue weighted by atomic mass is 35.5. The summed E-state index contributed by atoms with van der Waals surface area (Å²) in [7, 11) is 1.86. The van der Waals surface area contributed by atoms with E-state index >= 15 is 0 Å². The minimum atomic E-state index is -0.628. The number of hydrogen-bond donors (Lipinski definition) is 3. The monoisotopic (exact) mass is 407 g/mol. The molecule has 0 unspecified atom stereocenters. The van der Waals surface area contributed by atoms with Crippen LogP contribution in [0.3, 0.4) is 0 Å². The Bertz CT molecular complexity index is 1010. The predicted molar refractivity (Wildman–Crippen MR) is 97.1 cm³/mol. The number of aliphatic hydroxyl groups is 1. The lowest BCUT2D eigenvalue weighted by atomic mass is 10.1. The number of aryl methyl sites for hydroxylation is 1. The lowest BCUT2D eigenvalue weighted by molar-refractivity contribution is 0.00706. The van der Waals surface area contributed by atoms with Crippen molar-refractivity contribution < 1.29 is 19.3 Å². The van der Waals surface area contributed by atoms with Crippen LogP contribution in [0.25, 0.3) is 11.2 Å². The Morgan fingerprint density at radius 1 is 1.36 bits per heavy atom. The van der Waals surface area contributed by atoms with Crippen LogP contribution >= 0.6 is 11.6 Å². The van der Waals surface area contributed by atoms with E-state index < -0.39 is 6.10 Å². The average molecular weight is 408 g/mol. The first kappa shape index (κ1) is 17.6. The number of anilines is 1. The van der Waals surface area contributed by atoms with E-state index in [0.717, 1.165) is 5.82 Å². The van der Waals surface area contributed by atoms with E-state index in [0.29, 0.717) is 41.2 Å². The van der Waals surface area contributed by atoms with Crippen molar-refractivity contribution in [2.24, 2.45) is 7.05 Å². The van der Waals surface area contributed by atoms with Gasteiger partial charge in [-0.1, -0.05) is 11.6 Å². The summed E-state index contributed by atoms with van der Waals surface area (Å²) in [4.78, 5) is 11.9. The van der Waals surface area contributed by atoms with E-state index in [1.165, 1.54) is 0 Å². The van der Waals surface area contributed by atoms with Gasteiger partial charge in [0.2, 0.25) is 0 Å². The van der Waals surface area contributed by atoms with Gasteiger partial charge in [-0.25, -0.2) is 4.98 Å². The van der Waals surface area contributed by atoms with Crippen molar-refractivity contribution >= 4 is 28.6 Å². The van der Waals surface area contributed by atoms with Gasteiger partial charge in [0.05, 0.1) is 30.3 Å². The van der Waals surface area contributed by atoms with Crippen LogP contribution in [0.15, 0.2) is 12.4 Å². The van der Waals surface area contributed by atoms with Crippen LogP contribution in [0, 0.1) is 0 Å². The van der Waals surface area contributed by atoms with Gasteiger partial charge in [0.25, 0.3) is 6.01 Å². The molecule has 12 heteroatoms. The molecule has 0 radical (unpaired) electrons. The molecule has 2 saturated heterocycles. The fraction of sp³-hybridized carbons (Fsp3) is 0.500. The van der Waals surface area contributed by atoms with E-state index in [1.807, 2.05) is 7.05 Å². The second-order valence-electron chi connectivity index (χ2n) is 6.76. The summed E-state index contributed by atoms with van der Waals surface area (Å²) in [6.45, 7) is 0.986. The molecule has 148 valence electrons. The largest absolute Gasteiger partial charge is 0.456 e. The van der Waals surface area contributed by atoms with Crippen LogP contribution < -0.4 is 10.1 Å². The van der Waals surface area contributed by atoms with Crippen molar-refractivity contribution in [3.63, 3.8) is 0 Å². The minimum absolute atomic E-state index is 0.243. The van der Waals surface area contributed by atoms with Crippen LogP contribution in [-0.2, 0) is 23.1 Å². The Morgan fingerprint density at radius 3 is 3.04 bits per heavy atom. The molecule has 0 aromatic carbocycles. The Morgan fingerprint density at radius 2 is 2.21 bits per heavy atom. The first-order valence-electron chi connectivity index (χ1n) is 8.79. The number of imidazole rings is 1. The molecule has 3 N–H and O–H groups in total. The third kappa shape index (κ3) is 3.05. The zero-order chi connectivity index (χ0) is 19.3. The minimum Gasteiger partial charge on any atom is -0.456 e. The number of fused-ring (bicyclic) bond motifs is 2. The molecule has 2 aliphatic heterocycles. The van der Waals surface area contributed by atoms with Crippen molar-refractivity contribution in [1.29, 1.82) is 0 Å². The van der Waals surface area contributed by atoms with Crippen molar-refractivity contribution in [3.05, 3.63) is 23.2 Å². The molecule has 11 nitrogen and oxygen atoms in total. The van der Waals surface area contributed by atoms with Gasteiger partial charge in [-0.05, 0) is 6.07 Å². The molecule has 5 rings (SSSR count). The number of halogens is 1. The number of nitrogens with zero attached hydrogens (tertiary/aromatic N) is 5. The highest BCUT2D eigenvalue weighted by Gasteiger charge is 2.48. The fourth-order valence-corrected chi connectivity index (χ4v) is 3.61. The van der Waals surface area contributed by atoms with Gasteiger partial charge in [0.15, 0.2) is 17.6 Å². The van der Waals surface area contributed by atoms with Crippen LogP contribution in [-0.4, -0.2) is 72.5 Å². The number of pyridine rings is 1. The molecule has 0 saturated carbocycles. The lowest BCUT2D eigenvalue weighted by Gasteiger charge is -2.15. The van der Waals surface area contributed by atoms with Crippen molar-refractivity contribution in [2.75, 3.05) is 18.5 Å². The van der Waals surface area contributed by atoms with Crippen LogP contribution in [0.5, 0.6) is 6.01 Å². The Balaban J connectivity index is 1.32. The van der Waals surface area contributed by atoms with E-state index in [-0.39, 0.29) is 24.9 Å². The summed E-state index contributed by atoms with van der Waals surface area (Å²) < 4.78 is 18.8. The van der Waals surface area contributed by atoms with Gasteiger partial charge in [-0.15, -0.1) is 10.2 Å². The molecule has 0 spiro atoms. The molecule has 2 aliphatic rings. The van der Waals surface area contributed by atoms with E-state index in [9.17, 15) is 5.11 Å². The van der Waals surface area contributed by atoms with E-state index in [4.69, 9.17) is 25.8 Å². The predicted octanol–water partition coefficient (Wildman–Crippen LogP) is 0.258. The molecule has 3 aromatic rings. The Hall–Kier alpha value is -2.47. The molecule has 28 heavy (non-hydrogen) atoms. The van der Waals surface area contributed by atoms with Gasteiger partial charge >= 0.3 is 0 Å². The average Bonchev–Trinajstić information content (AvgIpc) is 3.42. The highest BCUT2D eigenvalue weighted by molar-refractivity contribution is 6.33. The van der Waals surface area contributed by atoms with Crippen LogP contribution in [0.1, 0.15) is 5.82 Å². The zero-order valence-electron chi connectivity index (χ0n) is 14.9. The number of nitrogens with one attached hydrogen (secondary N) is 2. The summed E-state index contributed by atoms with van der Waals surface area (Å²) in [5, 5.41) is 21.3. The lowest BCUT2D eigenvalue weighted by Crippen LogP contribution is -2.34. The summed E-state index contributed by atoms with van der Waals surface area (Å²) >= 11 is 6.33. The molecule has 4 atom stereocenters. The summed E-state index contributed by atoms with van der Waals surface area (Å²) in [6.07, 6.45) is -0.0394. The Kier molecular flexibility index (Phi) is 4.31. The molecule has 2 fully saturated rings.